The Kier molecular flexibility index (Phi) is 4.68. The van der Waals surface area contributed by atoms with E-state index in [-0.39, 0.29) is 5.75 Å². The van der Waals surface area contributed by atoms with Crippen molar-refractivity contribution in [3.63, 3.8) is 0 Å². The summed E-state index contributed by atoms with van der Waals surface area (Å²) in [5.41, 5.74) is 7.73. The third-order valence-electron chi connectivity index (χ3n) is 2.91. The van der Waals surface area contributed by atoms with Crippen LogP contribution in [0, 0.1) is 6.92 Å². The van der Waals surface area contributed by atoms with Gasteiger partial charge in [-0.25, -0.2) is 8.42 Å². The van der Waals surface area contributed by atoms with E-state index in [9.17, 15) is 13.5 Å². The van der Waals surface area contributed by atoms with Gasteiger partial charge in [-0.3, -0.25) is 0 Å². The molecule has 4 nitrogen and oxygen atoms in total. The summed E-state index contributed by atoms with van der Waals surface area (Å²) in [6.07, 6.45) is 0. The highest BCUT2D eigenvalue weighted by Crippen LogP contribution is 2.20. The maximum atomic E-state index is 11.8. The molecular formula is C12H19NO3S. The number of hydrogen-bond donors (Lipinski definition) is 2. The fraction of sp³-hybridized carbons (Fsp3) is 0.500. The quantitative estimate of drug-likeness (QED) is 0.817. The zero-order chi connectivity index (χ0) is 13.1. The van der Waals surface area contributed by atoms with Crippen LogP contribution in [-0.4, -0.2) is 31.1 Å². The summed E-state index contributed by atoms with van der Waals surface area (Å²) in [4.78, 5) is 0. The molecule has 0 saturated heterocycles. The Bertz CT molecular complexity index is 453. The van der Waals surface area contributed by atoms with Crippen LogP contribution in [-0.2, 0) is 9.84 Å². The lowest BCUT2D eigenvalue weighted by atomic mass is 10.0. The van der Waals surface area contributed by atoms with E-state index in [1.807, 2.05) is 19.1 Å². The van der Waals surface area contributed by atoms with Gasteiger partial charge in [-0.15, -0.1) is 0 Å². The molecule has 0 saturated carbocycles. The minimum absolute atomic E-state index is 0.0161. The summed E-state index contributed by atoms with van der Waals surface area (Å²) in [5, 5.41) is 8.28. The Morgan fingerprint density at radius 2 is 1.82 bits per heavy atom. The van der Waals surface area contributed by atoms with Crippen molar-refractivity contribution in [3.05, 3.63) is 35.4 Å². The maximum Gasteiger partial charge on any atom is 0.157 e. The fourth-order valence-electron chi connectivity index (χ4n) is 1.67. The number of aliphatic hydroxyl groups excluding tert-OH is 1. The molecule has 0 radical (unpaired) electrons. The molecule has 0 aromatic heterocycles. The first-order chi connectivity index (χ1) is 7.92. The summed E-state index contributed by atoms with van der Waals surface area (Å²) in [7, 11) is -3.34. The van der Waals surface area contributed by atoms with Crippen molar-refractivity contribution in [1.82, 2.24) is 0 Å². The molecule has 0 unspecified atom stereocenters. The third-order valence-corrected chi connectivity index (χ3v) is 5.08. The van der Waals surface area contributed by atoms with E-state index in [1.165, 1.54) is 0 Å². The molecule has 0 fully saturated rings. The van der Waals surface area contributed by atoms with Crippen molar-refractivity contribution in [1.29, 1.82) is 0 Å². The molecule has 0 amide bonds. The lowest BCUT2D eigenvalue weighted by Gasteiger charge is -2.22. The average Bonchev–Trinajstić information content (AvgIpc) is 2.30. The van der Waals surface area contributed by atoms with E-state index >= 15 is 0 Å². The van der Waals surface area contributed by atoms with Crippen LogP contribution >= 0.6 is 0 Å². The number of nitrogens with two attached hydrogens (primary N) is 1. The molecule has 0 aliphatic rings. The van der Waals surface area contributed by atoms with Gasteiger partial charge in [0.05, 0.1) is 6.61 Å². The monoisotopic (exact) mass is 257 g/mol. The van der Waals surface area contributed by atoms with Gasteiger partial charge in [-0.2, -0.15) is 0 Å². The largest absolute Gasteiger partial charge is 0.395 e. The first-order valence-electron chi connectivity index (χ1n) is 5.57. The first-order valence-corrected chi connectivity index (χ1v) is 7.28. The maximum absolute atomic E-state index is 11.8. The molecule has 17 heavy (non-hydrogen) atoms. The van der Waals surface area contributed by atoms with E-state index in [4.69, 9.17) is 5.73 Å². The Morgan fingerprint density at radius 3 is 2.24 bits per heavy atom. The van der Waals surface area contributed by atoms with Gasteiger partial charge in [-0.05, 0) is 12.5 Å². The lowest BCUT2D eigenvalue weighted by molar-refractivity contribution is 0.277. The highest BCUT2D eigenvalue weighted by molar-refractivity contribution is 7.92. The highest BCUT2D eigenvalue weighted by Gasteiger charge is 2.30. The van der Waals surface area contributed by atoms with E-state index < -0.39 is 27.7 Å². The van der Waals surface area contributed by atoms with E-state index in [1.54, 1.807) is 19.1 Å². The Balaban J connectivity index is 3.02. The van der Waals surface area contributed by atoms with Gasteiger partial charge in [-0.1, -0.05) is 36.8 Å². The molecule has 0 aliphatic heterocycles. The lowest BCUT2D eigenvalue weighted by Crippen LogP contribution is -2.37. The molecule has 0 spiro atoms. The summed E-state index contributed by atoms with van der Waals surface area (Å²) in [6.45, 7) is 3.05. The average molecular weight is 257 g/mol. The van der Waals surface area contributed by atoms with Crippen LogP contribution in [0.2, 0.25) is 0 Å². The third kappa shape index (κ3) is 3.28. The SMILES string of the molecule is CCS(=O)(=O)[C@H](CO)[C@@H](N)c1ccc(C)cc1. The van der Waals surface area contributed by atoms with Gasteiger partial charge in [0.2, 0.25) is 0 Å². The molecule has 0 aliphatic carbocycles. The summed E-state index contributed by atoms with van der Waals surface area (Å²) in [5.74, 6) is -0.0161. The topological polar surface area (TPSA) is 80.4 Å². The van der Waals surface area contributed by atoms with Crippen molar-refractivity contribution in [2.75, 3.05) is 12.4 Å². The van der Waals surface area contributed by atoms with Crippen LogP contribution in [0.1, 0.15) is 24.1 Å². The minimum atomic E-state index is -3.34. The van der Waals surface area contributed by atoms with Gasteiger partial charge in [0, 0.05) is 11.8 Å². The van der Waals surface area contributed by atoms with E-state index in [0.29, 0.717) is 0 Å². The number of rotatable bonds is 5. The number of aliphatic hydroxyl groups is 1. The van der Waals surface area contributed by atoms with E-state index in [0.717, 1.165) is 11.1 Å². The van der Waals surface area contributed by atoms with Crippen molar-refractivity contribution in [2.45, 2.75) is 25.1 Å². The first kappa shape index (κ1) is 14.2. The zero-order valence-electron chi connectivity index (χ0n) is 10.1. The Morgan fingerprint density at radius 1 is 1.29 bits per heavy atom. The summed E-state index contributed by atoms with van der Waals surface area (Å²) in [6, 6.07) is 6.66. The van der Waals surface area contributed by atoms with Crippen LogP contribution < -0.4 is 5.73 Å². The molecule has 3 N–H and O–H groups in total. The number of aryl methyl sites for hydroxylation is 1. The number of sulfone groups is 1. The molecule has 5 heteroatoms. The van der Waals surface area contributed by atoms with Gasteiger partial charge in [0.25, 0.3) is 0 Å². The van der Waals surface area contributed by atoms with Crippen LogP contribution in [0.5, 0.6) is 0 Å². The standard InChI is InChI=1S/C12H19NO3S/c1-3-17(15,16)11(8-14)12(13)10-6-4-9(2)5-7-10/h4-7,11-12,14H,3,8,13H2,1-2H3/t11-,12+/m1/s1. The van der Waals surface area contributed by atoms with Crippen LogP contribution in [0.4, 0.5) is 0 Å². The highest BCUT2D eigenvalue weighted by atomic mass is 32.2. The van der Waals surface area contributed by atoms with E-state index in [2.05, 4.69) is 0 Å². The second-order valence-corrected chi connectivity index (χ2v) is 6.62. The van der Waals surface area contributed by atoms with Crippen LogP contribution in [0.25, 0.3) is 0 Å². The molecule has 1 aromatic carbocycles. The molecule has 1 rings (SSSR count). The Hall–Kier alpha value is -0.910. The van der Waals surface area contributed by atoms with Gasteiger partial charge >= 0.3 is 0 Å². The van der Waals surface area contributed by atoms with Crippen LogP contribution in [0.3, 0.4) is 0 Å². The fourth-order valence-corrected chi connectivity index (χ4v) is 2.93. The zero-order valence-corrected chi connectivity index (χ0v) is 10.9. The smallest absolute Gasteiger partial charge is 0.157 e. The van der Waals surface area contributed by atoms with Gasteiger partial charge in [0.1, 0.15) is 5.25 Å². The molecular weight excluding hydrogens is 238 g/mol. The molecule has 0 heterocycles. The predicted octanol–water partition coefficient (Wildman–Crippen LogP) is 0.790. The molecule has 96 valence electrons. The predicted molar refractivity (Wildman–Crippen MR) is 68.4 cm³/mol. The number of hydrogen-bond acceptors (Lipinski definition) is 4. The summed E-state index contributed by atoms with van der Waals surface area (Å²) < 4.78 is 23.5. The van der Waals surface area contributed by atoms with Crippen molar-refractivity contribution in [2.24, 2.45) is 5.73 Å². The van der Waals surface area contributed by atoms with Crippen molar-refractivity contribution in [3.8, 4) is 0 Å². The second kappa shape index (κ2) is 5.62. The van der Waals surface area contributed by atoms with Crippen molar-refractivity contribution < 1.29 is 13.5 Å². The Labute approximate surface area is 102 Å². The van der Waals surface area contributed by atoms with Gasteiger partial charge in [0.15, 0.2) is 9.84 Å². The summed E-state index contributed by atoms with van der Waals surface area (Å²) >= 11 is 0. The van der Waals surface area contributed by atoms with Gasteiger partial charge < -0.3 is 10.8 Å². The van der Waals surface area contributed by atoms with Crippen molar-refractivity contribution >= 4 is 9.84 Å². The number of benzene rings is 1. The second-order valence-electron chi connectivity index (χ2n) is 4.11. The molecule has 0 bridgehead atoms. The molecule has 1 aromatic rings. The minimum Gasteiger partial charge on any atom is -0.395 e. The molecule has 2 atom stereocenters. The normalized spacial score (nSPS) is 15.5. The van der Waals surface area contributed by atoms with Crippen LogP contribution in [0.15, 0.2) is 24.3 Å².